The number of aromatic nitrogens is 1. The first-order valence-electron chi connectivity index (χ1n) is 10.0. The molecule has 2 aromatic rings. The summed E-state index contributed by atoms with van der Waals surface area (Å²) in [6, 6.07) is 7.91. The van der Waals surface area contributed by atoms with E-state index in [1.54, 1.807) is 17.2 Å². The molecule has 0 radical (unpaired) electrons. The van der Waals surface area contributed by atoms with Gasteiger partial charge in [-0.2, -0.15) is 0 Å². The standard InChI is InChI=1S/C22H25N3O4/c1-2-13-28-22(27)24-11-9-19(10-12-24)25(18-7-8-18)21(26)17-5-3-16(4-6-17)20-14-23-15-29-20/h2-6,14-15,18-19H,1,7-13H2. The first-order valence-corrected chi connectivity index (χ1v) is 10.0. The molecule has 2 heterocycles. The monoisotopic (exact) mass is 395 g/mol. The van der Waals surface area contributed by atoms with Crippen molar-refractivity contribution in [2.45, 2.75) is 37.8 Å². The van der Waals surface area contributed by atoms with Crippen molar-refractivity contribution < 1.29 is 18.7 Å². The Morgan fingerprint density at radius 2 is 1.86 bits per heavy atom. The van der Waals surface area contributed by atoms with Crippen molar-refractivity contribution in [1.29, 1.82) is 0 Å². The molecule has 0 unspecified atom stereocenters. The number of hydrogen-bond acceptors (Lipinski definition) is 5. The van der Waals surface area contributed by atoms with E-state index in [2.05, 4.69) is 11.6 Å². The molecule has 2 aliphatic rings. The second kappa shape index (κ2) is 8.51. The van der Waals surface area contributed by atoms with Crippen molar-refractivity contribution in [1.82, 2.24) is 14.8 Å². The molecule has 1 aliphatic heterocycles. The normalized spacial score (nSPS) is 17.0. The molecule has 0 atom stereocenters. The van der Waals surface area contributed by atoms with Crippen LogP contribution < -0.4 is 0 Å². The molecular weight excluding hydrogens is 370 g/mol. The Balaban J connectivity index is 1.41. The molecule has 152 valence electrons. The second-order valence-corrected chi connectivity index (χ2v) is 7.47. The molecule has 0 bridgehead atoms. The fourth-order valence-corrected chi connectivity index (χ4v) is 3.82. The van der Waals surface area contributed by atoms with E-state index in [1.165, 1.54) is 6.39 Å². The molecule has 0 spiro atoms. The van der Waals surface area contributed by atoms with E-state index in [4.69, 9.17) is 9.15 Å². The van der Waals surface area contributed by atoms with E-state index in [1.807, 2.05) is 29.2 Å². The second-order valence-electron chi connectivity index (χ2n) is 7.47. The number of benzene rings is 1. The minimum absolute atomic E-state index is 0.0595. The maximum absolute atomic E-state index is 13.3. The van der Waals surface area contributed by atoms with Crippen LogP contribution in [0.2, 0.25) is 0 Å². The lowest BCUT2D eigenvalue weighted by atomic mass is 10.0. The average Bonchev–Trinajstić information content (AvgIpc) is 3.44. The van der Waals surface area contributed by atoms with Gasteiger partial charge in [0.05, 0.1) is 6.20 Å². The molecule has 0 N–H and O–H groups in total. The van der Waals surface area contributed by atoms with Gasteiger partial charge in [0.2, 0.25) is 0 Å². The van der Waals surface area contributed by atoms with Gasteiger partial charge in [0.1, 0.15) is 6.61 Å². The van der Waals surface area contributed by atoms with Crippen LogP contribution in [-0.4, -0.2) is 58.6 Å². The van der Waals surface area contributed by atoms with E-state index in [-0.39, 0.29) is 24.6 Å². The zero-order valence-electron chi connectivity index (χ0n) is 16.3. The molecule has 1 aliphatic carbocycles. The summed E-state index contributed by atoms with van der Waals surface area (Å²) < 4.78 is 10.4. The third-order valence-electron chi connectivity index (χ3n) is 5.46. The van der Waals surface area contributed by atoms with E-state index in [0.717, 1.165) is 31.2 Å². The summed E-state index contributed by atoms with van der Waals surface area (Å²) in [7, 11) is 0. The van der Waals surface area contributed by atoms with Gasteiger partial charge in [-0.1, -0.05) is 24.8 Å². The van der Waals surface area contributed by atoms with Crippen LogP contribution >= 0.6 is 0 Å². The van der Waals surface area contributed by atoms with Gasteiger partial charge in [-0.25, -0.2) is 9.78 Å². The maximum atomic E-state index is 13.3. The van der Waals surface area contributed by atoms with Crippen LogP contribution in [0, 0.1) is 0 Å². The lowest BCUT2D eigenvalue weighted by molar-refractivity contribution is 0.0523. The highest BCUT2D eigenvalue weighted by molar-refractivity contribution is 5.95. The largest absolute Gasteiger partial charge is 0.445 e. The van der Waals surface area contributed by atoms with Gasteiger partial charge in [0, 0.05) is 36.3 Å². The Hall–Kier alpha value is -3.09. The number of piperidine rings is 1. The number of ether oxygens (including phenoxy) is 1. The van der Waals surface area contributed by atoms with Gasteiger partial charge < -0.3 is 19.0 Å². The highest BCUT2D eigenvalue weighted by Gasteiger charge is 2.39. The van der Waals surface area contributed by atoms with Gasteiger partial charge in [-0.05, 0) is 37.8 Å². The first kappa shape index (κ1) is 19.2. The predicted octanol–water partition coefficient (Wildman–Crippen LogP) is 3.73. The SMILES string of the molecule is C=CCOC(=O)N1CCC(N(C(=O)c2ccc(-c3cnco3)cc2)C2CC2)CC1. The van der Waals surface area contributed by atoms with Gasteiger partial charge in [-0.15, -0.1) is 0 Å². The Labute approximate surface area is 170 Å². The molecule has 1 saturated heterocycles. The highest BCUT2D eigenvalue weighted by atomic mass is 16.6. The summed E-state index contributed by atoms with van der Waals surface area (Å²) in [6.45, 7) is 4.97. The van der Waals surface area contributed by atoms with Crippen molar-refractivity contribution in [3.63, 3.8) is 0 Å². The number of amides is 2. The molecule has 2 fully saturated rings. The fraction of sp³-hybridized carbons (Fsp3) is 0.409. The maximum Gasteiger partial charge on any atom is 0.410 e. The third kappa shape index (κ3) is 4.34. The summed E-state index contributed by atoms with van der Waals surface area (Å²) in [4.78, 5) is 33.0. The van der Waals surface area contributed by atoms with Crippen LogP contribution in [0.5, 0.6) is 0 Å². The predicted molar refractivity (Wildman–Crippen MR) is 107 cm³/mol. The van der Waals surface area contributed by atoms with E-state index in [0.29, 0.717) is 30.5 Å². The Morgan fingerprint density at radius 1 is 1.17 bits per heavy atom. The number of carbonyl (C=O) groups is 2. The molecule has 7 nitrogen and oxygen atoms in total. The molecule has 4 rings (SSSR count). The minimum atomic E-state index is -0.310. The highest BCUT2D eigenvalue weighted by Crippen LogP contribution is 2.33. The van der Waals surface area contributed by atoms with Crippen LogP contribution in [0.25, 0.3) is 11.3 Å². The van der Waals surface area contributed by atoms with Crippen molar-refractivity contribution in [3.05, 3.63) is 55.1 Å². The Kier molecular flexibility index (Phi) is 5.64. The quantitative estimate of drug-likeness (QED) is 0.697. The van der Waals surface area contributed by atoms with Crippen molar-refractivity contribution in [2.24, 2.45) is 0 Å². The number of nitrogens with zero attached hydrogens (tertiary/aromatic N) is 3. The molecule has 2 amide bonds. The van der Waals surface area contributed by atoms with Crippen LogP contribution in [0.3, 0.4) is 0 Å². The Bertz CT molecular complexity index is 851. The van der Waals surface area contributed by atoms with Gasteiger partial charge >= 0.3 is 6.09 Å². The Morgan fingerprint density at radius 3 is 2.45 bits per heavy atom. The van der Waals surface area contributed by atoms with Gasteiger partial charge in [0.15, 0.2) is 12.2 Å². The van der Waals surface area contributed by atoms with Crippen LogP contribution in [-0.2, 0) is 4.74 Å². The molecule has 7 heteroatoms. The zero-order chi connectivity index (χ0) is 20.2. The van der Waals surface area contributed by atoms with E-state index >= 15 is 0 Å². The van der Waals surface area contributed by atoms with Crippen LogP contribution in [0.15, 0.2) is 53.9 Å². The number of likely N-dealkylation sites (tertiary alicyclic amines) is 1. The first-order chi connectivity index (χ1) is 14.2. The summed E-state index contributed by atoms with van der Waals surface area (Å²) in [6.07, 6.45) is 7.92. The van der Waals surface area contributed by atoms with Crippen LogP contribution in [0.4, 0.5) is 4.79 Å². The molecular formula is C22H25N3O4. The van der Waals surface area contributed by atoms with Crippen molar-refractivity contribution >= 4 is 12.0 Å². The number of rotatable bonds is 6. The summed E-state index contributed by atoms with van der Waals surface area (Å²) in [5.41, 5.74) is 1.57. The molecule has 1 aromatic heterocycles. The van der Waals surface area contributed by atoms with E-state index in [9.17, 15) is 9.59 Å². The number of carbonyl (C=O) groups excluding carboxylic acids is 2. The summed E-state index contributed by atoms with van der Waals surface area (Å²) in [5.74, 6) is 0.739. The van der Waals surface area contributed by atoms with Crippen molar-refractivity contribution in [2.75, 3.05) is 19.7 Å². The van der Waals surface area contributed by atoms with Gasteiger partial charge in [-0.3, -0.25) is 4.79 Å². The van der Waals surface area contributed by atoms with Crippen molar-refractivity contribution in [3.8, 4) is 11.3 Å². The lowest BCUT2D eigenvalue weighted by Crippen LogP contribution is -2.49. The molecule has 29 heavy (non-hydrogen) atoms. The number of hydrogen-bond donors (Lipinski definition) is 0. The fourth-order valence-electron chi connectivity index (χ4n) is 3.82. The zero-order valence-corrected chi connectivity index (χ0v) is 16.3. The summed E-state index contributed by atoms with van der Waals surface area (Å²) >= 11 is 0. The minimum Gasteiger partial charge on any atom is -0.445 e. The average molecular weight is 395 g/mol. The third-order valence-corrected chi connectivity index (χ3v) is 5.46. The van der Waals surface area contributed by atoms with Crippen LogP contribution in [0.1, 0.15) is 36.0 Å². The lowest BCUT2D eigenvalue weighted by Gasteiger charge is -2.38. The molecule has 1 aromatic carbocycles. The topological polar surface area (TPSA) is 75.9 Å². The van der Waals surface area contributed by atoms with Gasteiger partial charge in [0.25, 0.3) is 5.91 Å². The number of oxazole rings is 1. The summed E-state index contributed by atoms with van der Waals surface area (Å²) in [5, 5.41) is 0. The smallest absolute Gasteiger partial charge is 0.410 e. The molecule has 1 saturated carbocycles. The van der Waals surface area contributed by atoms with E-state index < -0.39 is 0 Å².